The maximum absolute atomic E-state index is 9.58. The summed E-state index contributed by atoms with van der Waals surface area (Å²) in [6, 6.07) is 5.52. The van der Waals surface area contributed by atoms with Crippen LogP contribution in [0.4, 0.5) is 5.69 Å². The molecule has 1 aliphatic carbocycles. The molecule has 21 heavy (non-hydrogen) atoms. The average Bonchev–Trinajstić information content (AvgIpc) is 2.40. The van der Waals surface area contributed by atoms with Crippen LogP contribution < -0.4 is 5.46 Å². The van der Waals surface area contributed by atoms with E-state index in [1.54, 1.807) is 36.4 Å². The molecule has 0 heterocycles. The van der Waals surface area contributed by atoms with Gasteiger partial charge in [0.2, 0.25) is 0 Å². The molecule has 0 bridgehead atoms. The highest BCUT2D eigenvalue weighted by molar-refractivity contribution is 6.60. The minimum absolute atomic E-state index is 0.0744. The summed E-state index contributed by atoms with van der Waals surface area (Å²) < 4.78 is 0. The Bertz CT molecular complexity index is 635. The Morgan fingerprint density at radius 3 is 2.19 bits per heavy atom. The molecule has 0 atom stereocenters. The first-order valence-electron chi connectivity index (χ1n) is 6.81. The minimum atomic E-state index is -1.57. The van der Waals surface area contributed by atoms with Gasteiger partial charge < -0.3 is 15.5 Å². The van der Waals surface area contributed by atoms with Crippen LogP contribution in [0.15, 0.2) is 47.5 Å². The van der Waals surface area contributed by atoms with Gasteiger partial charge in [-0.1, -0.05) is 32.9 Å². The zero-order valence-electron chi connectivity index (χ0n) is 12.5. The van der Waals surface area contributed by atoms with Gasteiger partial charge in [-0.25, -0.2) is 4.99 Å². The first kappa shape index (κ1) is 15.4. The van der Waals surface area contributed by atoms with E-state index in [4.69, 9.17) is 5.41 Å². The van der Waals surface area contributed by atoms with Gasteiger partial charge in [0.15, 0.2) is 0 Å². The molecule has 0 saturated heterocycles. The summed E-state index contributed by atoms with van der Waals surface area (Å²) >= 11 is 0. The van der Waals surface area contributed by atoms with Gasteiger partial charge in [0, 0.05) is 5.46 Å². The summed E-state index contributed by atoms with van der Waals surface area (Å²) in [5.41, 5.74) is 2.95. The van der Waals surface area contributed by atoms with Crippen molar-refractivity contribution in [2.75, 3.05) is 0 Å². The van der Waals surface area contributed by atoms with Crippen LogP contribution in [0.3, 0.4) is 0 Å². The lowest BCUT2D eigenvalue weighted by Crippen LogP contribution is -2.31. The number of nitrogens with one attached hydrogen (secondary N) is 1. The summed E-state index contributed by atoms with van der Waals surface area (Å²) in [7, 11) is -1.57. The Kier molecular flexibility index (Phi) is 4.25. The van der Waals surface area contributed by atoms with E-state index in [-0.39, 0.29) is 5.41 Å². The van der Waals surface area contributed by atoms with Crippen molar-refractivity contribution in [2.24, 2.45) is 4.99 Å². The molecule has 0 aliphatic heterocycles. The Morgan fingerprint density at radius 1 is 1.05 bits per heavy atom. The van der Waals surface area contributed by atoms with E-state index in [1.165, 1.54) is 0 Å². The fraction of sp³-hybridized carbons (Fsp3) is 0.250. The maximum atomic E-state index is 9.58. The van der Waals surface area contributed by atoms with Crippen molar-refractivity contribution in [1.29, 1.82) is 5.41 Å². The highest BCUT2D eigenvalue weighted by Gasteiger charge is 2.21. The summed E-state index contributed by atoms with van der Waals surface area (Å²) in [5.74, 6) is 0. The molecule has 1 aliphatic rings. The van der Waals surface area contributed by atoms with Crippen LogP contribution in [-0.2, 0) is 5.41 Å². The van der Waals surface area contributed by atoms with Gasteiger partial charge >= 0.3 is 7.12 Å². The molecule has 1 aromatic rings. The van der Waals surface area contributed by atoms with Crippen LogP contribution in [0.5, 0.6) is 0 Å². The SMILES string of the molecule is CC(C)(C)c1ccc(N=C2C=CC(=N)C=C2)c(B(O)O)c1. The van der Waals surface area contributed by atoms with Gasteiger partial charge in [-0.05, 0) is 41.3 Å². The molecule has 4 nitrogen and oxygen atoms in total. The molecule has 0 aromatic heterocycles. The Hall–Kier alpha value is -1.98. The van der Waals surface area contributed by atoms with E-state index in [2.05, 4.69) is 25.8 Å². The number of hydrogen-bond donors (Lipinski definition) is 3. The molecule has 108 valence electrons. The largest absolute Gasteiger partial charge is 0.490 e. The van der Waals surface area contributed by atoms with Crippen molar-refractivity contribution in [3.63, 3.8) is 0 Å². The number of hydrogen-bond acceptors (Lipinski definition) is 4. The van der Waals surface area contributed by atoms with E-state index in [1.807, 2.05) is 6.07 Å². The maximum Gasteiger partial charge on any atom is 0.490 e. The summed E-state index contributed by atoms with van der Waals surface area (Å²) in [6.07, 6.45) is 6.76. The van der Waals surface area contributed by atoms with Crippen LogP contribution in [-0.4, -0.2) is 28.6 Å². The molecular formula is C16H19BN2O2. The van der Waals surface area contributed by atoms with E-state index in [0.717, 1.165) is 5.56 Å². The highest BCUT2D eigenvalue weighted by atomic mass is 16.4. The van der Waals surface area contributed by atoms with Crippen LogP contribution in [0.2, 0.25) is 0 Å². The summed E-state index contributed by atoms with van der Waals surface area (Å²) in [6.45, 7) is 6.21. The second-order valence-electron chi connectivity index (χ2n) is 6.06. The van der Waals surface area contributed by atoms with Crippen molar-refractivity contribution in [3.05, 3.63) is 48.1 Å². The molecule has 0 radical (unpaired) electrons. The predicted octanol–water partition coefficient (Wildman–Crippen LogP) is 1.88. The van der Waals surface area contributed by atoms with E-state index in [9.17, 15) is 10.0 Å². The lowest BCUT2D eigenvalue weighted by atomic mass is 9.75. The van der Waals surface area contributed by atoms with Crippen molar-refractivity contribution < 1.29 is 10.0 Å². The topological polar surface area (TPSA) is 76.7 Å². The molecule has 0 fully saturated rings. The zero-order valence-corrected chi connectivity index (χ0v) is 12.5. The molecule has 0 unspecified atom stereocenters. The fourth-order valence-electron chi connectivity index (χ4n) is 2.00. The minimum Gasteiger partial charge on any atom is -0.423 e. The number of benzene rings is 1. The van der Waals surface area contributed by atoms with Gasteiger partial charge in [-0.2, -0.15) is 0 Å². The first-order valence-corrected chi connectivity index (χ1v) is 6.81. The fourth-order valence-corrected chi connectivity index (χ4v) is 2.00. The van der Waals surface area contributed by atoms with E-state index in [0.29, 0.717) is 22.6 Å². The van der Waals surface area contributed by atoms with Crippen molar-refractivity contribution in [1.82, 2.24) is 0 Å². The van der Waals surface area contributed by atoms with Crippen molar-refractivity contribution >= 4 is 29.7 Å². The van der Waals surface area contributed by atoms with Gasteiger partial charge in [0.1, 0.15) is 0 Å². The van der Waals surface area contributed by atoms with Crippen molar-refractivity contribution in [2.45, 2.75) is 26.2 Å². The van der Waals surface area contributed by atoms with Gasteiger partial charge in [0.05, 0.1) is 17.1 Å². The number of allylic oxidation sites excluding steroid dienone is 4. The second-order valence-corrected chi connectivity index (χ2v) is 6.06. The number of nitrogens with zero attached hydrogens (tertiary/aromatic N) is 1. The summed E-state index contributed by atoms with van der Waals surface area (Å²) in [4.78, 5) is 4.42. The van der Waals surface area contributed by atoms with Crippen LogP contribution in [0, 0.1) is 5.41 Å². The lowest BCUT2D eigenvalue weighted by Gasteiger charge is -2.20. The quantitative estimate of drug-likeness (QED) is 0.572. The molecule has 1 aromatic carbocycles. The second kappa shape index (κ2) is 5.80. The third-order valence-electron chi connectivity index (χ3n) is 3.29. The normalized spacial score (nSPS) is 14.5. The Balaban J connectivity index is 2.45. The van der Waals surface area contributed by atoms with E-state index >= 15 is 0 Å². The molecule has 0 spiro atoms. The molecule has 5 heteroatoms. The molecular weight excluding hydrogens is 263 g/mol. The molecule has 0 amide bonds. The lowest BCUT2D eigenvalue weighted by molar-refractivity contribution is 0.426. The van der Waals surface area contributed by atoms with Crippen LogP contribution in [0.25, 0.3) is 0 Å². The average molecular weight is 282 g/mol. The standard InChI is InChI=1S/C16H19BN2O2/c1-16(2,3)11-4-9-15(14(10-11)17(20)21)19-13-7-5-12(18)6-8-13/h4-10,18,20-21H,1-3H3. The summed E-state index contributed by atoms with van der Waals surface area (Å²) in [5, 5.41) is 26.6. The van der Waals surface area contributed by atoms with Gasteiger partial charge in [-0.15, -0.1) is 0 Å². The first-order chi connectivity index (χ1) is 9.77. The third-order valence-corrected chi connectivity index (χ3v) is 3.29. The van der Waals surface area contributed by atoms with Crippen LogP contribution >= 0.6 is 0 Å². The molecule has 2 rings (SSSR count). The monoisotopic (exact) mass is 282 g/mol. The van der Waals surface area contributed by atoms with Crippen molar-refractivity contribution in [3.8, 4) is 0 Å². The zero-order chi connectivity index (χ0) is 15.6. The van der Waals surface area contributed by atoms with Gasteiger partial charge in [-0.3, -0.25) is 0 Å². The molecule has 0 saturated carbocycles. The predicted molar refractivity (Wildman–Crippen MR) is 88.1 cm³/mol. The number of rotatable bonds is 2. The molecule has 3 N–H and O–H groups in total. The van der Waals surface area contributed by atoms with Gasteiger partial charge in [0.25, 0.3) is 0 Å². The van der Waals surface area contributed by atoms with Crippen LogP contribution in [0.1, 0.15) is 26.3 Å². The van der Waals surface area contributed by atoms with E-state index < -0.39 is 7.12 Å². The smallest absolute Gasteiger partial charge is 0.423 e. The number of aliphatic imine (C=N–C) groups is 1. The Morgan fingerprint density at radius 2 is 1.67 bits per heavy atom. The third kappa shape index (κ3) is 3.77. The Labute approximate surface area is 125 Å². The highest BCUT2D eigenvalue weighted by Crippen LogP contribution is 2.24.